The minimum Gasteiger partial charge on any atom is -0.323 e. The number of anilines is 2. The fourth-order valence-electron chi connectivity index (χ4n) is 1.67. The number of aromatic nitrogens is 1. The van der Waals surface area contributed by atoms with Gasteiger partial charge in [-0.1, -0.05) is 6.07 Å². The van der Waals surface area contributed by atoms with Gasteiger partial charge in [0.05, 0.1) is 6.26 Å². The summed E-state index contributed by atoms with van der Waals surface area (Å²) in [6.45, 7) is 0. The molecule has 22 heavy (non-hydrogen) atoms. The molecule has 114 valence electrons. The second kappa shape index (κ2) is 6.86. The molecule has 2 aromatic rings. The number of sulfonamides is 1. The summed E-state index contributed by atoms with van der Waals surface area (Å²) in [6, 6.07) is 9.99. The Morgan fingerprint density at radius 3 is 2.41 bits per heavy atom. The Labute approximate surface area is 129 Å². The summed E-state index contributed by atoms with van der Waals surface area (Å²) in [6.07, 6.45) is 7.44. The van der Waals surface area contributed by atoms with Crippen molar-refractivity contribution in [2.75, 3.05) is 16.3 Å². The molecule has 0 saturated carbocycles. The topological polar surface area (TPSA) is 88.2 Å². The summed E-state index contributed by atoms with van der Waals surface area (Å²) in [5.41, 5.74) is 1.83. The largest absolute Gasteiger partial charge is 0.323 e. The molecule has 0 bridgehead atoms. The Morgan fingerprint density at radius 2 is 1.82 bits per heavy atom. The molecule has 0 atom stereocenters. The lowest BCUT2D eigenvalue weighted by Gasteiger charge is -2.06. The molecule has 7 heteroatoms. The Hall–Kier alpha value is -2.67. The van der Waals surface area contributed by atoms with Crippen molar-refractivity contribution in [3.05, 3.63) is 60.4 Å². The maximum absolute atomic E-state index is 11.8. The Bertz CT molecular complexity index is 769. The first-order valence-electron chi connectivity index (χ1n) is 6.39. The molecule has 2 rings (SSSR count). The van der Waals surface area contributed by atoms with Gasteiger partial charge in [0, 0.05) is 29.8 Å². The molecule has 0 spiro atoms. The van der Waals surface area contributed by atoms with Gasteiger partial charge in [-0.3, -0.25) is 14.5 Å². The zero-order chi connectivity index (χ0) is 16.0. The highest BCUT2D eigenvalue weighted by Crippen LogP contribution is 2.14. The van der Waals surface area contributed by atoms with Crippen LogP contribution in [-0.4, -0.2) is 25.6 Å². The maximum atomic E-state index is 11.8. The molecule has 1 amide bonds. The molecule has 6 nitrogen and oxygen atoms in total. The van der Waals surface area contributed by atoms with Crippen LogP contribution in [0.5, 0.6) is 0 Å². The maximum Gasteiger partial charge on any atom is 0.248 e. The second-order valence-electron chi connectivity index (χ2n) is 4.56. The number of amides is 1. The standard InChI is InChI=1S/C15H15N3O3S/c1-22(20,21)18-14-7-5-13(6-8-14)17-15(19)9-4-12-3-2-10-16-11-12/h2-11,18H,1H3,(H,17,19)/b9-4+. The van der Waals surface area contributed by atoms with Gasteiger partial charge in [0.25, 0.3) is 0 Å². The molecule has 1 aromatic heterocycles. The van der Waals surface area contributed by atoms with Crippen molar-refractivity contribution in [2.24, 2.45) is 0 Å². The first-order chi connectivity index (χ1) is 10.4. The van der Waals surface area contributed by atoms with Crippen molar-refractivity contribution in [3.8, 4) is 0 Å². The van der Waals surface area contributed by atoms with Crippen molar-refractivity contribution in [1.29, 1.82) is 0 Å². The van der Waals surface area contributed by atoms with Crippen LogP contribution < -0.4 is 10.0 Å². The summed E-state index contributed by atoms with van der Waals surface area (Å²) in [5.74, 6) is -0.285. The van der Waals surface area contributed by atoms with Gasteiger partial charge in [-0.2, -0.15) is 0 Å². The van der Waals surface area contributed by atoms with Crippen LogP contribution in [-0.2, 0) is 14.8 Å². The van der Waals surface area contributed by atoms with Gasteiger partial charge < -0.3 is 5.32 Å². The number of nitrogens with zero attached hydrogens (tertiary/aromatic N) is 1. The number of rotatable bonds is 5. The second-order valence-corrected chi connectivity index (χ2v) is 6.31. The van der Waals surface area contributed by atoms with Crippen LogP contribution in [0.4, 0.5) is 11.4 Å². The normalized spacial score (nSPS) is 11.3. The Balaban J connectivity index is 1.96. The number of carbonyl (C=O) groups excluding carboxylic acids is 1. The third-order valence-corrected chi connectivity index (χ3v) is 3.17. The number of nitrogens with one attached hydrogen (secondary N) is 2. The number of hydrogen-bond acceptors (Lipinski definition) is 4. The van der Waals surface area contributed by atoms with Gasteiger partial charge in [-0.05, 0) is 42.0 Å². The molecular weight excluding hydrogens is 302 g/mol. The monoisotopic (exact) mass is 317 g/mol. The SMILES string of the molecule is CS(=O)(=O)Nc1ccc(NC(=O)/C=C/c2cccnc2)cc1. The molecule has 1 aromatic carbocycles. The molecule has 0 unspecified atom stereocenters. The van der Waals surface area contributed by atoms with E-state index in [1.165, 1.54) is 6.08 Å². The average molecular weight is 317 g/mol. The van der Waals surface area contributed by atoms with Crippen LogP contribution in [0.25, 0.3) is 6.08 Å². The highest BCUT2D eigenvalue weighted by molar-refractivity contribution is 7.92. The van der Waals surface area contributed by atoms with Crippen molar-refractivity contribution >= 4 is 33.4 Å². The third-order valence-electron chi connectivity index (χ3n) is 2.57. The van der Waals surface area contributed by atoms with E-state index in [4.69, 9.17) is 0 Å². The summed E-state index contributed by atoms with van der Waals surface area (Å²) in [4.78, 5) is 15.7. The van der Waals surface area contributed by atoms with E-state index in [1.54, 1.807) is 48.8 Å². The zero-order valence-electron chi connectivity index (χ0n) is 11.9. The van der Waals surface area contributed by atoms with Gasteiger partial charge in [0.1, 0.15) is 0 Å². The van der Waals surface area contributed by atoms with Crippen LogP contribution in [0.1, 0.15) is 5.56 Å². The number of carbonyl (C=O) groups is 1. The lowest BCUT2D eigenvalue weighted by molar-refractivity contribution is -0.111. The minimum atomic E-state index is -3.31. The predicted molar refractivity (Wildman–Crippen MR) is 86.8 cm³/mol. The third kappa shape index (κ3) is 5.37. The minimum absolute atomic E-state index is 0.285. The molecule has 0 aliphatic carbocycles. The number of hydrogen-bond donors (Lipinski definition) is 2. The Morgan fingerprint density at radius 1 is 1.14 bits per heavy atom. The van der Waals surface area contributed by atoms with Crippen LogP contribution in [0.15, 0.2) is 54.9 Å². The van der Waals surface area contributed by atoms with E-state index in [-0.39, 0.29) is 5.91 Å². The Kier molecular flexibility index (Phi) is 4.90. The summed E-state index contributed by atoms with van der Waals surface area (Å²) in [5, 5.41) is 2.68. The predicted octanol–water partition coefficient (Wildman–Crippen LogP) is 2.10. The summed E-state index contributed by atoms with van der Waals surface area (Å²) in [7, 11) is -3.31. The van der Waals surface area contributed by atoms with Crippen LogP contribution in [0, 0.1) is 0 Å². The van der Waals surface area contributed by atoms with Crippen molar-refractivity contribution in [2.45, 2.75) is 0 Å². The number of benzene rings is 1. The lowest BCUT2D eigenvalue weighted by Crippen LogP contribution is -2.10. The van der Waals surface area contributed by atoms with E-state index >= 15 is 0 Å². The molecule has 0 saturated heterocycles. The van der Waals surface area contributed by atoms with Crippen molar-refractivity contribution in [1.82, 2.24) is 4.98 Å². The molecule has 1 heterocycles. The van der Waals surface area contributed by atoms with E-state index in [0.717, 1.165) is 11.8 Å². The first kappa shape index (κ1) is 15.7. The molecular formula is C15H15N3O3S. The summed E-state index contributed by atoms with van der Waals surface area (Å²) >= 11 is 0. The quantitative estimate of drug-likeness (QED) is 0.827. The van der Waals surface area contributed by atoms with Gasteiger partial charge in [0.2, 0.25) is 15.9 Å². The number of pyridine rings is 1. The van der Waals surface area contributed by atoms with Gasteiger partial charge in [-0.25, -0.2) is 8.42 Å². The van der Waals surface area contributed by atoms with Gasteiger partial charge in [0.15, 0.2) is 0 Å². The smallest absolute Gasteiger partial charge is 0.248 e. The van der Waals surface area contributed by atoms with Crippen molar-refractivity contribution < 1.29 is 13.2 Å². The molecule has 2 N–H and O–H groups in total. The van der Waals surface area contributed by atoms with E-state index < -0.39 is 10.0 Å². The van der Waals surface area contributed by atoms with Crippen LogP contribution >= 0.6 is 0 Å². The molecule has 0 aliphatic rings. The van der Waals surface area contributed by atoms with Crippen LogP contribution in [0.3, 0.4) is 0 Å². The molecule has 0 aliphatic heterocycles. The summed E-state index contributed by atoms with van der Waals surface area (Å²) < 4.78 is 24.5. The van der Waals surface area contributed by atoms with Crippen molar-refractivity contribution in [3.63, 3.8) is 0 Å². The van der Waals surface area contributed by atoms with Crippen LogP contribution in [0.2, 0.25) is 0 Å². The van der Waals surface area contributed by atoms with E-state index in [0.29, 0.717) is 11.4 Å². The van der Waals surface area contributed by atoms with E-state index in [9.17, 15) is 13.2 Å². The molecule has 0 fully saturated rings. The fourth-order valence-corrected chi connectivity index (χ4v) is 2.23. The zero-order valence-corrected chi connectivity index (χ0v) is 12.7. The first-order valence-corrected chi connectivity index (χ1v) is 8.28. The fraction of sp³-hybridized carbons (Fsp3) is 0.0667. The average Bonchev–Trinajstić information content (AvgIpc) is 2.47. The van der Waals surface area contributed by atoms with Gasteiger partial charge >= 0.3 is 0 Å². The van der Waals surface area contributed by atoms with Gasteiger partial charge in [-0.15, -0.1) is 0 Å². The van der Waals surface area contributed by atoms with E-state index in [1.807, 2.05) is 6.07 Å². The highest BCUT2D eigenvalue weighted by Gasteiger charge is 2.02. The molecule has 0 radical (unpaired) electrons. The van der Waals surface area contributed by atoms with E-state index in [2.05, 4.69) is 15.0 Å². The lowest BCUT2D eigenvalue weighted by atomic mass is 10.2. The highest BCUT2D eigenvalue weighted by atomic mass is 32.2.